The van der Waals surface area contributed by atoms with Gasteiger partial charge in [-0.25, -0.2) is 0 Å². The van der Waals surface area contributed by atoms with Gasteiger partial charge in [0.1, 0.15) is 0 Å². The van der Waals surface area contributed by atoms with Gasteiger partial charge in [0, 0.05) is 32.2 Å². The molecule has 0 radical (unpaired) electrons. The second-order valence-corrected chi connectivity index (χ2v) is 5.97. The lowest BCUT2D eigenvalue weighted by Crippen LogP contribution is -2.51. The van der Waals surface area contributed by atoms with Crippen molar-refractivity contribution in [3.63, 3.8) is 0 Å². The maximum absolute atomic E-state index is 10.7. The number of aromatic nitrogens is 3. The van der Waals surface area contributed by atoms with Crippen LogP contribution >= 0.6 is 11.8 Å². The van der Waals surface area contributed by atoms with E-state index in [4.69, 9.17) is 10.8 Å². The van der Waals surface area contributed by atoms with Gasteiger partial charge in [0.15, 0.2) is 5.16 Å². The second-order valence-electron chi connectivity index (χ2n) is 5.03. The molecule has 0 bridgehead atoms. The Labute approximate surface area is 121 Å². The Morgan fingerprint density at radius 3 is 2.90 bits per heavy atom. The van der Waals surface area contributed by atoms with E-state index in [0.717, 1.165) is 31.4 Å². The molecule has 2 rings (SSSR count). The number of nitrogen functional groups attached to an aromatic ring is 1. The number of thioether (sulfide) groups is 1. The van der Waals surface area contributed by atoms with Crippen molar-refractivity contribution >= 4 is 23.7 Å². The number of hydrogen-bond acceptors (Lipinski definition) is 7. The average molecular weight is 300 g/mol. The van der Waals surface area contributed by atoms with Crippen LogP contribution in [0.2, 0.25) is 0 Å². The van der Waals surface area contributed by atoms with Crippen molar-refractivity contribution in [1.82, 2.24) is 24.6 Å². The number of rotatable bonds is 5. The number of anilines is 1. The van der Waals surface area contributed by atoms with Crippen LogP contribution in [0.1, 0.15) is 0 Å². The minimum atomic E-state index is -0.877. The van der Waals surface area contributed by atoms with E-state index in [1.54, 1.807) is 4.57 Å². The first-order valence-electron chi connectivity index (χ1n) is 6.39. The molecule has 0 saturated carbocycles. The summed E-state index contributed by atoms with van der Waals surface area (Å²) in [7, 11) is 4.18. The van der Waals surface area contributed by atoms with Crippen molar-refractivity contribution in [3.8, 4) is 0 Å². The molecule has 1 unspecified atom stereocenters. The zero-order valence-electron chi connectivity index (χ0n) is 11.7. The molecular weight excluding hydrogens is 280 g/mol. The first-order valence-corrected chi connectivity index (χ1v) is 7.38. The summed E-state index contributed by atoms with van der Waals surface area (Å²) in [6.07, 6.45) is 0. The van der Waals surface area contributed by atoms with E-state index in [1.165, 1.54) is 0 Å². The average Bonchev–Trinajstić information content (AvgIpc) is 2.73. The second kappa shape index (κ2) is 6.42. The van der Waals surface area contributed by atoms with E-state index in [0.29, 0.717) is 23.7 Å². The number of nitrogens with zero attached hydrogens (tertiary/aromatic N) is 5. The first-order chi connectivity index (χ1) is 9.47. The van der Waals surface area contributed by atoms with Crippen LogP contribution in [-0.2, 0) is 11.3 Å². The summed E-state index contributed by atoms with van der Waals surface area (Å²) in [6.45, 7) is 3.66. The topological polar surface area (TPSA) is 101 Å². The highest BCUT2D eigenvalue weighted by Gasteiger charge is 2.24. The number of carbonyl (C=O) groups is 1. The van der Waals surface area contributed by atoms with Crippen molar-refractivity contribution in [3.05, 3.63) is 0 Å². The van der Waals surface area contributed by atoms with E-state index < -0.39 is 5.97 Å². The van der Waals surface area contributed by atoms with Gasteiger partial charge in [-0.2, -0.15) is 0 Å². The largest absolute Gasteiger partial charge is 0.481 e. The van der Waals surface area contributed by atoms with Gasteiger partial charge in [-0.1, -0.05) is 11.8 Å². The van der Waals surface area contributed by atoms with Crippen molar-refractivity contribution in [2.75, 3.05) is 45.2 Å². The van der Waals surface area contributed by atoms with Crippen LogP contribution in [0.25, 0.3) is 0 Å². The summed E-state index contributed by atoms with van der Waals surface area (Å²) in [5, 5.41) is 17.1. The van der Waals surface area contributed by atoms with E-state index in [1.807, 2.05) is 0 Å². The van der Waals surface area contributed by atoms with E-state index in [-0.39, 0.29) is 5.75 Å². The van der Waals surface area contributed by atoms with Crippen molar-refractivity contribution in [2.45, 2.75) is 17.7 Å². The zero-order valence-corrected chi connectivity index (χ0v) is 12.5. The number of carboxylic acids is 1. The van der Waals surface area contributed by atoms with E-state index >= 15 is 0 Å². The summed E-state index contributed by atoms with van der Waals surface area (Å²) in [6, 6.07) is 0.316. The Morgan fingerprint density at radius 2 is 2.20 bits per heavy atom. The Bertz CT molecular complexity index is 479. The summed E-state index contributed by atoms with van der Waals surface area (Å²) < 4.78 is 1.80. The Balaban J connectivity index is 2.07. The number of likely N-dealkylation sites (N-methyl/N-ethyl adjacent to an activating group) is 2. The molecule has 1 fully saturated rings. The molecular formula is C11H20N6O2S. The molecule has 1 aliphatic rings. The van der Waals surface area contributed by atoms with Crippen LogP contribution in [0.4, 0.5) is 5.95 Å². The monoisotopic (exact) mass is 300 g/mol. The van der Waals surface area contributed by atoms with Gasteiger partial charge in [0.2, 0.25) is 5.95 Å². The highest BCUT2D eigenvalue weighted by Crippen LogP contribution is 2.20. The van der Waals surface area contributed by atoms with Crippen molar-refractivity contribution < 1.29 is 9.90 Å². The number of hydrogen-bond donors (Lipinski definition) is 2. The first kappa shape index (κ1) is 15.1. The molecule has 0 spiro atoms. The van der Waals surface area contributed by atoms with Gasteiger partial charge in [-0.15, -0.1) is 10.2 Å². The molecule has 1 atom stereocenters. The predicted molar refractivity (Wildman–Crippen MR) is 76.7 cm³/mol. The summed E-state index contributed by atoms with van der Waals surface area (Å²) >= 11 is 1.14. The van der Waals surface area contributed by atoms with Crippen LogP contribution in [0.3, 0.4) is 0 Å². The molecule has 8 nitrogen and oxygen atoms in total. The van der Waals surface area contributed by atoms with Crippen LogP contribution in [0, 0.1) is 0 Å². The van der Waals surface area contributed by atoms with Gasteiger partial charge in [-0.05, 0) is 14.1 Å². The number of nitrogens with two attached hydrogens (primary N) is 1. The minimum absolute atomic E-state index is 0.0431. The third-order valence-corrected chi connectivity index (χ3v) is 4.40. The standard InChI is InChI=1S/C11H20N6O2S/c1-15-3-4-16(2)8(5-15)6-17-10(12)13-14-11(17)20-7-9(18)19/h8H,3-7H2,1-2H3,(H2,12,13)(H,18,19). The van der Waals surface area contributed by atoms with Crippen LogP contribution in [0.15, 0.2) is 5.16 Å². The lowest BCUT2D eigenvalue weighted by atomic mass is 10.2. The molecule has 1 saturated heterocycles. The van der Waals surface area contributed by atoms with E-state index in [2.05, 4.69) is 34.1 Å². The fourth-order valence-corrected chi connectivity index (χ4v) is 2.89. The molecule has 112 valence electrons. The molecule has 0 aromatic carbocycles. The fourth-order valence-electron chi connectivity index (χ4n) is 2.21. The third kappa shape index (κ3) is 3.62. The van der Waals surface area contributed by atoms with Gasteiger partial charge < -0.3 is 15.7 Å². The van der Waals surface area contributed by atoms with Crippen molar-refractivity contribution in [2.24, 2.45) is 0 Å². The Kier molecular flexibility index (Phi) is 4.84. The molecule has 1 aromatic heterocycles. The van der Waals surface area contributed by atoms with Gasteiger partial charge in [-0.3, -0.25) is 14.3 Å². The van der Waals surface area contributed by atoms with Crippen molar-refractivity contribution in [1.29, 1.82) is 0 Å². The number of aliphatic carboxylic acids is 1. The Hall–Kier alpha value is -1.32. The highest BCUT2D eigenvalue weighted by molar-refractivity contribution is 7.99. The van der Waals surface area contributed by atoms with Crippen LogP contribution in [-0.4, -0.2) is 81.2 Å². The molecule has 0 amide bonds. The fraction of sp³-hybridized carbons (Fsp3) is 0.727. The molecule has 20 heavy (non-hydrogen) atoms. The van der Waals surface area contributed by atoms with Crippen LogP contribution < -0.4 is 5.73 Å². The van der Waals surface area contributed by atoms with Gasteiger partial charge >= 0.3 is 5.97 Å². The Morgan fingerprint density at radius 1 is 1.45 bits per heavy atom. The maximum Gasteiger partial charge on any atom is 0.313 e. The molecule has 9 heteroatoms. The molecule has 1 aromatic rings. The maximum atomic E-state index is 10.7. The normalized spacial score (nSPS) is 21.2. The third-order valence-electron chi connectivity index (χ3n) is 3.44. The minimum Gasteiger partial charge on any atom is -0.481 e. The van der Waals surface area contributed by atoms with Gasteiger partial charge in [0.05, 0.1) is 5.75 Å². The zero-order chi connectivity index (χ0) is 14.7. The number of carboxylic acid groups (broad SMARTS) is 1. The predicted octanol–water partition coefficient (Wildman–Crippen LogP) is -0.717. The highest BCUT2D eigenvalue weighted by atomic mass is 32.2. The van der Waals surface area contributed by atoms with E-state index in [9.17, 15) is 4.79 Å². The molecule has 1 aliphatic heterocycles. The smallest absolute Gasteiger partial charge is 0.313 e. The lowest BCUT2D eigenvalue weighted by molar-refractivity contribution is -0.133. The van der Waals surface area contributed by atoms with Gasteiger partial charge in [0.25, 0.3) is 0 Å². The quantitative estimate of drug-likeness (QED) is 0.687. The number of piperazine rings is 1. The van der Waals surface area contributed by atoms with Crippen LogP contribution in [0.5, 0.6) is 0 Å². The SMILES string of the molecule is CN1CCN(C)C(Cn2c(N)nnc2SCC(=O)O)C1. The summed E-state index contributed by atoms with van der Waals surface area (Å²) in [4.78, 5) is 15.2. The molecule has 2 heterocycles. The molecule has 0 aliphatic carbocycles. The lowest BCUT2D eigenvalue weighted by Gasteiger charge is -2.37. The summed E-state index contributed by atoms with van der Waals surface area (Å²) in [5.41, 5.74) is 5.84. The molecule has 3 N–H and O–H groups in total. The summed E-state index contributed by atoms with van der Waals surface area (Å²) in [5.74, 6) is -0.587.